The van der Waals surface area contributed by atoms with Crippen molar-refractivity contribution in [3.05, 3.63) is 35.3 Å². The molecule has 0 spiro atoms. The van der Waals surface area contributed by atoms with E-state index in [1.807, 2.05) is 0 Å². The van der Waals surface area contributed by atoms with Crippen LogP contribution in [0.1, 0.15) is 11.3 Å². The molecule has 0 bridgehead atoms. The van der Waals surface area contributed by atoms with Crippen LogP contribution in [0.4, 0.5) is 10.2 Å². The second-order valence-electron chi connectivity index (χ2n) is 4.13. The van der Waals surface area contributed by atoms with Gasteiger partial charge in [0, 0.05) is 11.6 Å². The van der Waals surface area contributed by atoms with Crippen molar-refractivity contribution in [2.75, 3.05) is 11.8 Å². The van der Waals surface area contributed by atoms with Gasteiger partial charge in [0.1, 0.15) is 5.76 Å². The van der Waals surface area contributed by atoms with Crippen molar-refractivity contribution >= 4 is 15.8 Å². The van der Waals surface area contributed by atoms with Crippen molar-refractivity contribution in [3.63, 3.8) is 0 Å². The van der Waals surface area contributed by atoms with Gasteiger partial charge in [0.05, 0.1) is 12.0 Å². The molecular formula is C12H13FN2O4S. The Morgan fingerprint density at radius 1 is 1.35 bits per heavy atom. The minimum Gasteiger partial charge on any atom is -0.494 e. The van der Waals surface area contributed by atoms with E-state index in [2.05, 4.69) is 9.88 Å². The van der Waals surface area contributed by atoms with Crippen LogP contribution < -0.4 is 9.46 Å². The van der Waals surface area contributed by atoms with Crippen LogP contribution in [0.15, 0.2) is 27.6 Å². The van der Waals surface area contributed by atoms with Crippen molar-refractivity contribution in [2.45, 2.75) is 18.7 Å². The fourth-order valence-corrected chi connectivity index (χ4v) is 2.92. The number of anilines is 1. The third kappa shape index (κ3) is 2.60. The Balaban J connectivity index is 2.42. The smallest absolute Gasteiger partial charge is 0.263 e. The second-order valence-corrected chi connectivity index (χ2v) is 5.78. The zero-order valence-corrected chi connectivity index (χ0v) is 11.9. The SMILES string of the molecule is COc1ccc(S(=O)(=O)Nc2cc(C)on2)c(C)c1F. The molecule has 1 aromatic heterocycles. The van der Waals surface area contributed by atoms with Crippen LogP contribution >= 0.6 is 0 Å². The van der Waals surface area contributed by atoms with Gasteiger partial charge in [-0.25, -0.2) is 12.8 Å². The molecule has 0 aliphatic heterocycles. The summed E-state index contributed by atoms with van der Waals surface area (Å²) in [6.45, 7) is 2.99. The lowest BCUT2D eigenvalue weighted by Crippen LogP contribution is -2.15. The molecule has 20 heavy (non-hydrogen) atoms. The van der Waals surface area contributed by atoms with E-state index in [1.54, 1.807) is 6.92 Å². The molecule has 1 heterocycles. The normalized spacial score (nSPS) is 11.4. The number of nitrogens with zero attached hydrogens (tertiary/aromatic N) is 1. The average Bonchev–Trinajstić information content (AvgIpc) is 2.77. The van der Waals surface area contributed by atoms with Gasteiger partial charge in [0.15, 0.2) is 17.4 Å². The first kappa shape index (κ1) is 14.3. The Hall–Kier alpha value is -2.09. The second kappa shape index (κ2) is 5.12. The number of sulfonamides is 1. The van der Waals surface area contributed by atoms with Gasteiger partial charge in [-0.2, -0.15) is 0 Å². The van der Waals surface area contributed by atoms with Gasteiger partial charge in [-0.1, -0.05) is 5.16 Å². The number of rotatable bonds is 4. The Morgan fingerprint density at radius 3 is 2.60 bits per heavy atom. The number of nitrogens with one attached hydrogen (secondary N) is 1. The van der Waals surface area contributed by atoms with Gasteiger partial charge >= 0.3 is 0 Å². The largest absolute Gasteiger partial charge is 0.494 e. The lowest BCUT2D eigenvalue weighted by atomic mass is 10.2. The minimum absolute atomic E-state index is 0.0151. The average molecular weight is 300 g/mol. The first-order valence-corrected chi connectivity index (χ1v) is 7.12. The minimum atomic E-state index is -3.95. The van der Waals surface area contributed by atoms with E-state index in [0.717, 1.165) is 0 Å². The van der Waals surface area contributed by atoms with Gasteiger partial charge in [-0.3, -0.25) is 4.72 Å². The van der Waals surface area contributed by atoms with E-state index in [9.17, 15) is 12.8 Å². The highest BCUT2D eigenvalue weighted by molar-refractivity contribution is 7.92. The van der Waals surface area contributed by atoms with E-state index in [1.165, 1.54) is 32.2 Å². The third-order valence-electron chi connectivity index (χ3n) is 2.68. The van der Waals surface area contributed by atoms with Gasteiger partial charge in [-0.15, -0.1) is 0 Å². The number of hydrogen-bond acceptors (Lipinski definition) is 5. The molecule has 0 saturated heterocycles. The first-order chi connectivity index (χ1) is 9.35. The lowest BCUT2D eigenvalue weighted by molar-refractivity contribution is 0.384. The van der Waals surface area contributed by atoms with Gasteiger partial charge < -0.3 is 9.26 Å². The number of methoxy groups -OCH3 is 1. The van der Waals surface area contributed by atoms with E-state index >= 15 is 0 Å². The van der Waals surface area contributed by atoms with Crippen LogP contribution in [0.25, 0.3) is 0 Å². The molecule has 0 radical (unpaired) electrons. The number of aryl methyl sites for hydroxylation is 1. The molecule has 0 fully saturated rings. The molecule has 8 heteroatoms. The Morgan fingerprint density at radius 2 is 2.05 bits per heavy atom. The monoisotopic (exact) mass is 300 g/mol. The highest BCUT2D eigenvalue weighted by Gasteiger charge is 2.22. The van der Waals surface area contributed by atoms with Crippen molar-refractivity contribution < 1.29 is 22.1 Å². The van der Waals surface area contributed by atoms with E-state index in [4.69, 9.17) is 9.26 Å². The van der Waals surface area contributed by atoms with E-state index in [0.29, 0.717) is 5.76 Å². The molecule has 1 N–H and O–H groups in total. The Kier molecular flexibility index (Phi) is 3.67. The quantitative estimate of drug-likeness (QED) is 0.936. The third-order valence-corrected chi connectivity index (χ3v) is 4.18. The summed E-state index contributed by atoms with van der Waals surface area (Å²) in [6, 6.07) is 3.95. The number of benzene rings is 1. The van der Waals surface area contributed by atoms with Crippen molar-refractivity contribution in [1.82, 2.24) is 5.16 Å². The van der Waals surface area contributed by atoms with Crippen LogP contribution in [0.5, 0.6) is 5.75 Å². The van der Waals surface area contributed by atoms with Crippen LogP contribution in [0, 0.1) is 19.7 Å². The van der Waals surface area contributed by atoms with Crippen LogP contribution in [0.3, 0.4) is 0 Å². The van der Waals surface area contributed by atoms with Gasteiger partial charge in [-0.05, 0) is 26.0 Å². The van der Waals surface area contributed by atoms with Crippen LogP contribution in [-0.4, -0.2) is 20.7 Å². The summed E-state index contributed by atoms with van der Waals surface area (Å²) in [6.07, 6.45) is 0. The molecule has 0 aliphatic rings. The Bertz CT molecular complexity index is 740. The number of ether oxygens (including phenoxy) is 1. The molecule has 2 aromatic rings. The highest BCUT2D eigenvalue weighted by atomic mass is 32.2. The maximum atomic E-state index is 13.9. The molecule has 0 atom stereocenters. The molecule has 108 valence electrons. The maximum Gasteiger partial charge on any atom is 0.263 e. The van der Waals surface area contributed by atoms with Crippen molar-refractivity contribution in [1.29, 1.82) is 0 Å². The summed E-state index contributed by atoms with van der Waals surface area (Å²) in [4.78, 5) is -0.184. The predicted octanol–water partition coefficient (Wildman–Crippen LogP) is 2.24. The molecule has 1 aromatic carbocycles. The van der Waals surface area contributed by atoms with Crippen molar-refractivity contribution in [2.24, 2.45) is 0 Å². The number of halogens is 1. The topological polar surface area (TPSA) is 81.4 Å². The molecule has 0 aliphatic carbocycles. The summed E-state index contributed by atoms with van der Waals surface area (Å²) < 4.78 is 50.0. The first-order valence-electron chi connectivity index (χ1n) is 5.64. The summed E-state index contributed by atoms with van der Waals surface area (Å²) >= 11 is 0. The molecule has 2 rings (SSSR count). The van der Waals surface area contributed by atoms with Gasteiger partial charge in [0.2, 0.25) is 0 Å². The van der Waals surface area contributed by atoms with E-state index in [-0.39, 0.29) is 22.0 Å². The Labute approximate surface area is 115 Å². The van der Waals surface area contributed by atoms with Crippen molar-refractivity contribution in [3.8, 4) is 5.75 Å². The summed E-state index contributed by atoms with van der Waals surface area (Å²) in [5.41, 5.74) is -0.0305. The molecule has 0 saturated carbocycles. The summed E-state index contributed by atoms with van der Waals surface area (Å²) in [5, 5.41) is 3.53. The molecule has 0 amide bonds. The lowest BCUT2D eigenvalue weighted by Gasteiger charge is -2.11. The van der Waals surface area contributed by atoms with Crippen LogP contribution in [0.2, 0.25) is 0 Å². The van der Waals surface area contributed by atoms with Crippen LogP contribution in [-0.2, 0) is 10.0 Å². The predicted molar refractivity (Wildman–Crippen MR) is 69.7 cm³/mol. The van der Waals surface area contributed by atoms with Gasteiger partial charge in [0.25, 0.3) is 10.0 Å². The summed E-state index contributed by atoms with van der Waals surface area (Å²) in [7, 11) is -2.64. The molecular weight excluding hydrogens is 287 g/mol. The molecule has 0 unspecified atom stereocenters. The van der Waals surface area contributed by atoms with E-state index < -0.39 is 15.8 Å². The fourth-order valence-electron chi connectivity index (χ4n) is 1.70. The fraction of sp³-hybridized carbons (Fsp3) is 0.250. The molecule has 6 nitrogen and oxygen atoms in total. The standard InChI is InChI=1S/C12H13FN2O4S/c1-7-6-11(14-19-7)15-20(16,17)10-5-4-9(18-3)12(13)8(10)2/h4-6H,1-3H3,(H,14,15). The highest BCUT2D eigenvalue weighted by Crippen LogP contribution is 2.27. The maximum absolute atomic E-state index is 13.9. The summed E-state index contributed by atoms with van der Waals surface area (Å²) in [5.74, 6) is -0.233. The number of aromatic nitrogens is 1. The zero-order chi connectivity index (χ0) is 14.9. The number of hydrogen-bond donors (Lipinski definition) is 1. The zero-order valence-electron chi connectivity index (χ0n) is 11.1.